The first-order valence-corrected chi connectivity index (χ1v) is 6.48. The van der Waals surface area contributed by atoms with E-state index < -0.39 is 5.67 Å². The van der Waals surface area contributed by atoms with Gasteiger partial charge in [-0.05, 0) is 46.8 Å². The van der Waals surface area contributed by atoms with E-state index in [4.69, 9.17) is 0 Å². The Hall–Kier alpha value is 0.0700. The lowest BCUT2D eigenvalue weighted by Crippen LogP contribution is -2.43. The lowest BCUT2D eigenvalue weighted by atomic mass is 9.92. The van der Waals surface area contributed by atoms with Crippen molar-refractivity contribution in [1.82, 2.24) is 5.32 Å². The van der Waals surface area contributed by atoms with Crippen LogP contribution in [0.1, 0.15) is 17.7 Å². The molecule has 0 radical (unpaired) electrons. The Kier molecular flexibility index (Phi) is 3.24. The van der Waals surface area contributed by atoms with Gasteiger partial charge in [0.2, 0.25) is 0 Å². The minimum atomic E-state index is -1.04. The molecule has 1 saturated heterocycles. The van der Waals surface area contributed by atoms with Crippen LogP contribution in [0, 0.1) is 0 Å². The van der Waals surface area contributed by atoms with Crippen LogP contribution in [0.15, 0.2) is 15.9 Å². The Labute approximate surface area is 95.8 Å². The van der Waals surface area contributed by atoms with Gasteiger partial charge in [-0.15, -0.1) is 11.3 Å². The molecule has 0 aromatic carbocycles. The molecule has 1 atom stereocenters. The van der Waals surface area contributed by atoms with Crippen LogP contribution in [-0.2, 0) is 6.42 Å². The predicted octanol–water partition coefficient (Wildman–Crippen LogP) is 3.14. The van der Waals surface area contributed by atoms with Crippen molar-refractivity contribution < 1.29 is 4.39 Å². The van der Waals surface area contributed by atoms with Crippen LogP contribution < -0.4 is 5.32 Å². The van der Waals surface area contributed by atoms with Crippen LogP contribution in [0.5, 0.6) is 0 Å². The summed E-state index contributed by atoms with van der Waals surface area (Å²) in [4.78, 5) is 1.12. The number of thiophene rings is 1. The number of hydrogen-bond donors (Lipinski definition) is 1. The molecule has 14 heavy (non-hydrogen) atoms. The second-order valence-corrected chi connectivity index (χ2v) is 5.65. The van der Waals surface area contributed by atoms with Gasteiger partial charge in [-0.3, -0.25) is 0 Å². The summed E-state index contributed by atoms with van der Waals surface area (Å²) in [6.45, 7) is 1.45. The molecule has 2 rings (SSSR count). The lowest BCUT2D eigenvalue weighted by molar-refractivity contribution is 0.123. The summed E-state index contributed by atoms with van der Waals surface area (Å²) in [6.07, 6.45) is 2.17. The van der Waals surface area contributed by atoms with Crippen LogP contribution in [-0.4, -0.2) is 18.8 Å². The van der Waals surface area contributed by atoms with Gasteiger partial charge < -0.3 is 5.32 Å². The Morgan fingerprint density at radius 1 is 1.64 bits per heavy atom. The van der Waals surface area contributed by atoms with Gasteiger partial charge in [0, 0.05) is 22.3 Å². The summed E-state index contributed by atoms with van der Waals surface area (Å²) in [6, 6.07) is 1.99. The van der Waals surface area contributed by atoms with E-state index in [-0.39, 0.29) is 0 Å². The van der Waals surface area contributed by atoms with Crippen molar-refractivity contribution in [3.63, 3.8) is 0 Å². The van der Waals surface area contributed by atoms with Crippen molar-refractivity contribution in [1.29, 1.82) is 0 Å². The molecule has 1 N–H and O–H groups in total. The zero-order valence-corrected chi connectivity index (χ0v) is 10.3. The average Bonchev–Trinajstić information content (AvgIpc) is 2.52. The number of piperidine rings is 1. The van der Waals surface area contributed by atoms with E-state index in [2.05, 4.69) is 21.2 Å². The topological polar surface area (TPSA) is 12.0 Å². The third-order valence-corrected chi connectivity index (χ3v) is 4.51. The molecule has 1 nitrogen and oxygen atoms in total. The average molecular weight is 278 g/mol. The Bertz CT molecular complexity index is 307. The van der Waals surface area contributed by atoms with E-state index in [1.807, 2.05) is 11.4 Å². The van der Waals surface area contributed by atoms with E-state index in [0.717, 1.165) is 22.3 Å². The van der Waals surface area contributed by atoms with Gasteiger partial charge in [0.15, 0.2) is 0 Å². The fourth-order valence-corrected chi connectivity index (χ4v) is 3.44. The number of nitrogens with one attached hydrogen (secondary N) is 1. The van der Waals surface area contributed by atoms with Crippen molar-refractivity contribution in [3.8, 4) is 0 Å². The zero-order valence-electron chi connectivity index (χ0n) is 7.85. The highest BCUT2D eigenvalue weighted by Crippen LogP contribution is 2.31. The van der Waals surface area contributed by atoms with Crippen LogP contribution in [0.25, 0.3) is 0 Å². The molecule has 0 saturated carbocycles. The molecule has 78 valence electrons. The summed E-state index contributed by atoms with van der Waals surface area (Å²) in [5.41, 5.74) is -1.04. The quantitative estimate of drug-likeness (QED) is 0.876. The van der Waals surface area contributed by atoms with Crippen LogP contribution in [0.2, 0.25) is 0 Å². The monoisotopic (exact) mass is 277 g/mol. The maximum atomic E-state index is 14.2. The molecule has 0 spiro atoms. The number of halogens is 2. The SMILES string of the molecule is FC1(Cc2sccc2Br)CCCNC1. The molecule has 0 bridgehead atoms. The molecule has 1 aromatic heterocycles. The molecule has 1 unspecified atom stereocenters. The van der Waals surface area contributed by atoms with Crippen molar-refractivity contribution in [2.45, 2.75) is 24.9 Å². The largest absolute Gasteiger partial charge is 0.314 e. The molecule has 0 amide bonds. The summed E-state index contributed by atoms with van der Waals surface area (Å²) in [5, 5.41) is 5.12. The summed E-state index contributed by atoms with van der Waals surface area (Å²) in [7, 11) is 0. The Morgan fingerprint density at radius 3 is 3.07 bits per heavy atom. The summed E-state index contributed by atoms with van der Waals surface area (Å²) < 4.78 is 15.3. The summed E-state index contributed by atoms with van der Waals surface area (Å²) >= 11 is 5.07. The second kappa shape index (κ2) is 4.29. The van der Waals surface area contributed by atoms with Gasteiger partial charge in [0.1, 0.15) is 5.67 Å². The van der Waals surface area contributed by atoms with Gasteiger partial charge in [0.25, 0.3) is 0 Å². The fraction of sp³-hybridized carbons (Fsp3) is 0.600. The van der Waals surface area contributed by atoms with Crippen LogP contribution >= 0.6 is 27.3 Å². The highest BCUT2D eigenvalue weighted by atomic mass is 79.9. The van der Waals surface area contributed by atoms with Gasteiger partial charge in [0.05, 0.1) is 0 Å². The van der Waals surface area contributed by atoms with Gasteiger partial charge in [-0.1, -0.05) is 0 Å². The standard InChI is InChI=1S/C10H13BrFNS/c11-8-2-5-14-9(8)6-10(12)3-1-4-13-7-10/h2,5,13H,1,3-4,6-7H2. The second-order valence-electron chi connectivity index (χ2n) is 3.80. The minimum Gasteiger partial charge on any atom is -0.314 e. The Morgan fingerprint density at radius 2 is 2.50 bits per heavy atom. The molecule has 1 aromatic rings. The fourth-order valence-electron chi connectivity index (χ4n) is 1.82. The Balaban J connectivity index is 2.05. The maximum Gasteiger partial charge on any atom is 0.128 e. The molecule has 2 heterocycles. The smallest absolute Gasteiger partial charge is 0.128 e. The third-order valence-electron chi connectivity index (χ3n) is 2.59. The van der Waals surface area contributed by atoms with Crippen molar-refractivity contribution in [2.24, 2.45) is 0 Å². The van der Waals surface area contributed by atoms with Gasteiger partial charge in [-0.2, -0.15) is 0 Å². The van der Waals surface area contributed by atoms with E-state index in [1.165, 1.54) is 0 Å². The summed E-state index contributed by atoms with van der Waals surface area (Å²) in [5.74, 6) is 0. The van der Waals surface area contributed by atoms with E-state index in [0.29, 0.717) is 19.4 Å². The van der Waals surface area contributed by atoms with Crippen molar-refractivity contribution in [3.05, 3.63) is 20.8 Å². The van der Waals surface area contributed by atoms with Crippen molar-refractivity contribution in [2.75, 3.05) is 13.1 Å². The molecular weight excluding hydrogens is 265 g/mol. The molecule has 1 aliphatic heterocycles. The zero-order chi connectivity index (χ0) is 10.0. The molecule has 1 fully saturated rings. The number of alkyl halides is 1. The molecule has 4 heteroatoms. The van der Waals surface area contributed by atoms with Gasteiger partial charge >= 0.3 is 0 Å². The third kappa shape index (κ3) is 2.35. The number of hydrogen-bond acceptors (Lipinski definition) is 2. The highest BCUT2D eigenvalue weighted by molar-refractivity contribution is 9.10. The van der Waals surface area contributed by atoms with Crippen molar-refractivity contribution >= 4 is 27.3 Å². The first-order valence-electron chi connectivity index (χ1n) is 4.81. The predicted molar refractivity (Wildman–Crippen MR) is 61.7 cm³/mol. The highest BCUT2D eigenvalue weighted by Gasteiger charge is 2.32. The maximum absolute atomic E-state index is 14.2. The lowest BCUT2D eigenvalue weighted by Gasteiger charge is -2.29. The normalized spacial score (nSPS) is 27.9. The number of rotatable bonds is 2. The van der Waals surface area contributed by atoms with E-state index in [9.17, 15) is 4.39 Å². The van der Waals surface area contributed by atoms with Gasteiger partial charge in [-0.25, -0.2) is 4.39 Å². The molecule has 0 aliphatic carbocycles. The van der Waals surface area contributed by atoms with E-state index in [1.54, 1.807) is 11.3 Å². The van der Waals surface area contributed by atoms with E-state index >= 15 is 0 Å². The first kappa shape index (κ1) is 10.6. The molecule has 1 aliphatic rings. The van der Waals surface area contributed by atoms with Crippen LogP contribution in [0.3, 0.4) is 0 Å². The first-order chi connectivity index (χ1) is 6.70. The van der Waals surface area contributed by atoms with Crippen LogP contribution in [0.4, 0.5) is 4.39 Å². The minimum absolute atomic E-state index is 0.497. The molecular formula is C10H13BrFNS.